The molecular weight excluding hydrogens is 378 g/mol. The fraction of sp³-hybridized carbons (Fsp3) is 0.0870. The van der Waals surface area contributed by atoms with Crippen LogP contribution in [0.25, 0.3) is 22.3 Å². The van der Waals surface area contributed by atoms with Gasteiger partial charge in [-0.2, -0.15) is 10.5 Å². The van der Waals surface area contributed by atoms with Crippen molar-refractivity contribution in [2.24, 2.45) is 0 Å². The Morgan fingerprint density at radius 3 is 2.33 bits per heavy atom. The molecule has 4 aromatic rings. The first kappa shape index (κ1) is 18.9. The minimum Gasteiger partial charge on any atom is -0.456 e. The van der Waals surface area contributed by atoms with Crippen LogP contribution >= 0.6 is 0 Å². The first-order chi connectivity index (χ1) is 14.5. The van der Waals surface area contributed by atoms with E-state index in [2.05, 4.69) is 27.4 Å². The van der Waals surface area contributed by atoms with Crippen molar-refractivity contribution in [2.75, 3.05) is 5.32 Å². The van der Waals surface area contributed by atoms with Crippen LogP contribution in [0, 0.1) is 36.5 Å². The molecule has 7 nitrogen and oxygen atoms in total. The van der Waals surface area contributed by atoms with Crippen molar-refractivity contribution >= 4 is 22.7 Å². The Morgan fingerprint density at radius 1 is 1.03 bits per heavy atom. The number of pyridine rings is 2. The van der Waals surface area contributed by atoms with Crippen molar-refractivity contribution in [1.29, 1.82) is 10.5 Å². The van der Waals surface area contributed by atoms with Crippen LogP contribution in [0.5, 0.6) is 0 Å². The van der Waals surface area contributed by atoms with Gasteiger partial charge in [-0.15, -0.1) is 0 Å². The number of rotatable bonds is 3. The Balaban J connectivity index is 1.86. The van der Waals surface area contributed by atoms with Gasteiger partial charge in [-0.05, 0) is 38.1 Å². The second kappa shape index (κ2) is 7.50. The van der Waals surface area contributed by atoms with Gasteiger partial charge in [0, 0.05) is 11.8 Å². The van der Waals surface area contributed by atoms with E-state index in [1.54, 1.807) is 50.2 Å². The van der Waals surface area contributed by atoms with Crippen molar-refractivity contribution in [1.82, 2.24) is 9.97 Å². The molecule has 4 rings (SSSR count). The number of aryl methyl sites for hydroxylation is 2. The molecule has 1 N–H and O–H groups in total. The number of hydrogen-bond acceptors (Lipinski definition) is 6. The Bertz CT molecular complexity index is 1340. The quantitative estimate of drug-likeness (QED) is 0.548. The zero-order chi connectivity index (χ0) is 21.3. The lowest BCUT2D eigenvalue weighted by molar-refractivity contribution is 0.102. The number of benzene rings is 1. The van der Waals surface area contributed by atoms with E-state index in [9.17, 15) is 15.3 Å². The third-order valence-corrected chi connectivity index (χ3v) is 4.74. The molecule has 0 unspecified atom stereocenters. The van der Waals surface area contributed by atoms with E-state index in [1.807, 2.05) is 6.07 Å². The van der Waals surface area contributed by atoms with E-state index >= 15 is 0 Å². The van der Waals surface area contributed by atoms with E-state index in [-0.39, 0.29) is 17.0 Å². The second-order valence-electron chi connectivity index (χ2n) is 6.63. The van der Waals surface area contributed by atoms with Crippen LogP contribution in [0.1, 0.15) is 32.9 Å². The number of amides is 1. The summed E-state index contributed by atoms with van der Waals surface area (Å²) in [6.45, 7) is 3.43. The Labute approximate surface area is 172 Å². The molecular formula is C23H15N5O2. The fourth-order valence-corrected chi connectivity index (χ4v) is 3.33. The maximum atomic E-state index is 12.5. The Kier molecular flexibility index (Phi) is 4.71. The number of nitrogens with zero attached hydrogens (tertiary/aromatic N) is 4. The standard InChI is InChI=1S/C23H15N5O2/c1-13-17(11-24)21(18(12-25)14(2)27-13)20-10-16-19(30-20)8-9-26-22(16)28-23(29)15-6-4-3-5-7-15/h3-10H,1-2H3,(H,26,28,29). The van der Waals surface area contributed by atoms with Gasteiger partial charge in [0.25, 0.3) is 5.91 Å². The van der Waals surface area contributed by atoms with Gasteiger partial charge in [-0.3, -0.25) is 9.78 Å². The van der Waals surface area contributed by atoms with Crippen molar-refractivity contribution in [2.45, 2.75) is 13.8 Å². The Morgan fingerprint density at radius 2 is 1.70 bits per heavy atom. The summed E-state index contributed by atoms with van der Waals surface area (Å²) in [5, 5.41) is 22.6. The van der Waals surface area contributed by atoms with Crippen LogP contribution in [0.3, 0.4) is 0 Å². The first-order valence-corrected chi connectivity index (χ1v) is 9.10. The summed E-state index contributed by atoms with van der Waals surface area (Å²) in [5.74, 6) is 0.371. The molecule has 0 atom stereocenters. The zero-order valence-corrected chi connectivity index (χ0v) is 16.2. The Hall–Kier alpha value is -4.49. The zero-order valence-electron chi connectivity index (χ0n) is 16.2. The summed E-state index contributed by atoms with van der Waals surface area (Å²) in [6.07, 6.45) is 1.52. The highest BCUT2D eigenvalue weighted by Crippen LogP contribution is 2.36. The lowest BCUT2D eigenvalue weighted by Crippen LogP contribution is -2.12. The van der Waals surface area contributed by atoms with Gasteiger partial charge >= 0.3 is 0 Å². The summed E-state index contributed by atoms with van der Waals surface area (Å²) in [7, 11) is 0. The second-order valence-corrected chi connectivity index (χ2v) is 6.63. The highest BCUT2D eigenvalue weighted by Gasteiger charge is 2.22. The molecule has 1 amide bonds. The third-order valence-electron chi connectivity index (χ3n) is 4.74. The van der Waals surface area contributed by atoms with Crippen molar-refractivity contribution < 1.29 is 9.21 Å². The summed E-state index contributed by atoms with van der Waals surface area (Å²) < 4.78 is 5.96. The van der Waals surface area contributed by atoms with Crippen molar-refractivity contribution in [3.05, 3.63) is 76.7 Å². The predicted octanol–water partition coefficient (Wildman–Crippen LogP) is 4.50. The van der Waals surface area contributed by atoms with Crippen LogP contribution in [0.15, 0.2) is 53.1 Å². The molecule has 0 aliphatic carbocycles. The maximum absolute atomic E-state index is 12.5. The van der Waals surface area contributed by atoms with Crippen LogP contribution in [-0.4, -0.2) is 15.9 Å². The van der Waals surface area contributed by atoms with Gasteiger partial charge in [0.1, 0.15) is 29.3 Å². The number of anilines is 1. The molecule has 0 spiro atoms. The van der Waals surface area contributed by atoms with Gasteiger partial charge in [0.15, 0.2) is 0 Å². The molecule has 144 valence electrons. The topological polar surface area (TPSA) is 116 Å². The lowest BCUT2D eigenvalue weighted by atomic mass is 9.98. The van der Waals surface area contributed by atoms with Gasteiger partial charge in [0.2, 0.25) is 0 Å². The fourth-order valence-electron chi connectivity index (χ4n) is 3.33. The molecule has 3 heterocycles. The molecule has 0 bridgehead atoms. The molecule has 30 heavy (non-hydrogen) atoms. The largest absolute Gasteiger partial charge is 0.456 e. The molecule has 0 saturated heterocycles. The summed E-state index contributed by atoms with van der Waals surface area (Å²) >= 11 is 0. The van der Waals surface area contributed by atoms with Crippen LogP contribution < -0.4 is 5.32 Å². The minimum atomic E-state index is -0.302. The number of furan rings is 1. The van der Waals surface area contributed by atoms with Gasteiger partial charge in [-0.1, -0.05) is 18.2 Å². The van der Waals surface area contributed by atoms with Gasteiger partial charge in [-0.25, -0.2) is 4.98 Å². The molecule has 0 fully saturated rings. The van der Waals surface area contributed by atoms with Crippen LogP contribution in [0.2, 0.25) is 0 Å². The molecule has 0 aliphatic rings. The van der Waals surface area contributed by atoms with Gasteiger partial charge < -0.3 is 9.73 Å². The number of carbonyl (C=O) groups is 1. The molecule has 7 heteroatoms. The number of carbonyl (C=O) groups excluding carboxylic acids is 1. The normalized spacial score (nSPS) is 10.4. The number of aromatic nitrogens is 2. The summed E-state index contributed by atoms with van der Waals surface area (Å²) in [5.41, 5.74) is 2.95. The highest BCUT2D eigenvalue weighted by molar-refractivity contribution is 6.08. The SMILES string of the molecule is Cc1nc(C)c(C#N)c(-c2cc3c(NC(=O)c4ccccc4)nccc3o2)c1C#N. The van der Waals surface area contributed by atoms with Crippen LogP contribution in [0.4, 0.5) is 5.82 Å². The number of nitrogens with one attached hydrogen (secondary N) is 1. The molecule has 0 saturated carbocycles. The smallest absolute Gasteiger partial charge is 0.256 e. The minimum absolute atomic E-state index is 0.277. The highest BCUT2D eigenvalue weighted by atomic mass is 16.3. The van der Waals surface area contributed by atoms with Crippen molar-refractivity contribution in [3.8, 4) is 23.5 Å². The molecule has 0 aliphatic heterocycles. The lowest BCUT2D eigenvalue weighted by Gasteiger charge is -2.08. The van der Waals surface area contributed by atoms with E-state index in [1.165, 1.54) is 6.20 Å². The average molecular weight is 393 g/mol. The number of nitriles is 2. The molecule has 0 radical (unpaired) electrons. The first-order valence-electron chi connectivity index (χ1n) is 9.10. The molecule has 1 aromatic carbocycles. The number of fused-ring (bicyclic) bond motifs is 1. The predicted molar refractivity (Wildman–Crippen MR) is 111 cm³/mol. The summed E-state index contributed by atoms with van der Waals surface area (Å²) in [6, 6.07) is 16.4. The van der Waals surface area contributed by atoms with E-state index in [0.717, 1.165) is 0 Å². The van der Waals surface area contributed by atoms with Gasteiger partial charge in [0.05, 0.1) is 33.5 Å². The van der Waals surface area contributed by atoms with E-state index in [0.29, 0.717) is 45.1 Å². The summed E-state index contributed by atoms with van der Waals surface area (Å²) in [4.78, 5) is 21.1. The third kappa shape index (κ3) is 3.15. The average Bonchev–Trinajstić information content (AvgIpc) is 3.19. The monoisotopic (exact) mass is 393 g/mol. The van der Waals surface area contributed by atoms with Crippen LogP contribution in [-0.2, 0) is 0 Å². The molecule has 3 aromatic heterocycles. The maximum Gasteiger partial charge on any atom is 0.256 e. The number of hydrogen-bond donors (Lipinski definition) is 1. The van der Waals surface area contributed by atoms with E-state index < -0.39 is 0 Å². The van der Waals surface area contributed by atoms with E-state index in [4.69, 9.17) is 4.42 Å². The van der Waals surface area contributed by atoms with Crippen molar-refractivity contribution in [3.63, 3.8) is 0 Å².